The van der Waals surface area contributed by atoms with Gasteiger partial charge in [0.1, 0.15) is 11.5 Å². The number of hydrogen-bond donors (Lipinski definition) is 0. The van der Waals surface area contributed by atoms with Crippen molar-refractivity contribution in [1.82, 2.24) is 0 Å². The van der Waals surface area contributed by atoms with Crippen LogP contribution in [0.1, 0.15) is 49.9 Å². The van der Waals surface area contributed by atoms with Gasteiger partial charge < -0.3 is 4.74 Å². The van der Waals surface area contributed by atoms with E-state index in [2.05, 4.69) is 107 Å². The van der Waals surface area contributed by atoms with E-state index in [0.29, 0.717) is 0 Å². The number of ether oxygens (including phenoxy) is 1. The summed E-state index contributed by atoms with van der Waals surface area (Å²) in [6, 6.07) is 30.8. The topological polar surface area (TPSA) is 9.23 Å². The summed E-state index contributed by atoms with van der Waals surface area (Å²) in [6.45, 7) is 9.25. The smallest absolute Gasteiger partial charge is 0.131 e. The number of hydrogen-bond acceptors (Lipinski definition) is 1. The van der Waals surface area contributed by atoms with E-state index in [4.69, 9.17) is 4.74 Å². The molecule has 1 heteroatoms. The molecule has 4 aromatic rings. The molecule has 0 radical (unpaired) electrons. The molecule has 2 aliphatic rings. The third-order valence-corrected chi connectivity index (χ3v) is 7.35. The van der Waals surface area contributed by atoms with E-state index in [1.807, 2.05) is 6.07 Å². The third-order valence-electron chi connectivity index (χ3n) is 7.35. The molecule has 0 amide bonds. The fourth-order valence-electron chi connectivity index (χ4n) is 5.51. The average Bonchev–Trinajstić information content (AvgIpc) is 3.01. The van der Waals surface area contributed by atoms with Crippen LogP contribution in [0.15, 0.2) is 84.9 Å². The van der Waals surface area contributed by atoms with Gasteiger partial charge in [-0.15, -0.1) is 0 Å². The Morgan fingerprint density at radius 3 is 1.84 bits per heavy atom. The van der Waals surface area contributed by atoms with Crippen LogP contribution in [0.2, 0.25) is 0 Å². The zero-order chi connectivity index (χ0) is 21.4. The van der Waals surface area contributed by atoms with Gasteiger partial charge in [0.05, 0.1) is 0 Å². The Balaban J connectivity index is 1.48. The van der Waals surface area contributed by atoms with Crippen LogP contribution in [0.5, 0.6) is 11.5 Å². The minimum atomic E-state index is -0.105. The predicted molar refractivity (Wildman–Crippen MR) is 128 cm³/mol. The lowest BCUT2D eigenvalue weighted by molar-refractivity contribution is 0.418. The van der Waals surface area contributed by atoms with Gasteiger partial charge in [-0.2, -0.15) is 0 Å². The second-order valence-corrected chi connectivity index (χ2v) is 9.87. The number of para-hydroxylation sites is 1. The van der Waals surface area contributed by atoms with Gasteiger partial charge in [-0.25, -0.2) is 0 Å². The fraction of sp³-hybridized carbons (Fsp3) is 0.200. The van der Waals surface area contributed by atoms with Gasteiger partial charge in [0.2, 0.25) is 0 Å². The highest BCUT2D eigenvalue weighted by atomic mass is 16.5. The average molecular weight is 403 g/mol. The number of fused-ring (bicyclic) bond motifs is 5. The van der Waals surface area contributed by atoms with Crippen LogP contribution in [0, 0.1) is 0 Å². The van der Waals surface area contributed by atoms with E-state index in [-0.39, 0.29) is 10.8 Å². The molecular weight excluding hydrogens is 376 g/mol. The van der Waals surface area contributed by atoms with Crippen molar-refractivity contribution >= 4 is 0 Å². The molecule has 1 nitrogen and oxygen atoms in total. The molecule has 0 spiro atoms. The maximum atomic E-state index is 6.25. The Labute approximate surface area is 184 Å². The fourth-order valence-corrected chi connectivity index (χ4v) is 5.51. The zero-order valence-electron chi connectivity index (χ0n) is 18.5. The van der Waals surface area contributed by atoms with Gasteiger partial charge in [-0.05, 0) is 57.6 Å². The van der Waals surface area contributed by atoms with E-state index in [0.717, 1.165) is 11.5 Å². The van der Waals surface area contributed by atoms with Crippen molar-refractivity contribution in [1.29, 1.82) is 0 Å². The maximum absolute atomic E-state index is 6.25. The summed E-state index contributed by atoms with van der Waals surface area (Å²) >= 11 is 0. The Morgan fingerprint density at radius 1 is 0.484 bits per heavy atom. The summed E-state index contributed by atoms with van der Waals surface area (Å²) in [7, 11) is 0. The quantitative estimate of drug-likeness (QED) is 0.312. The van der Waals surface area contributed by atoms with Crippen molar-refractivity contribution in [2.24, 2.45) is 0 Å². The van der Waals surface area contributed by atoms with Crippen LogP contribution < -0.4 is 4.74 Å². The summed E-state index contributed by atoms with van der Waals surface area (Å²) in [6.07, 6.45) is 0. The van der Waals surface area contributed by atoms with Crippen LogP contribution in [-0.4, -0.2) is 0 Å². The van der Waals surface area contributed by atoms with E-state index < -0.39 is 0 Å². The minimum Gasteiger partial charge on any atom is -0.457 e. The Hall–Kier alpha value is -3.32. The Kier molecular flexibility index (Phi) is 3.63. The molecule has 0 saturated heterocycles. The second-order valence-electron chi connectivity index (χ2n) is 9.87. The summed E-state index contributed by atoms with van der Waals surface area (Å²) in [5.41, 5.74) is 10.4. The molecule has 1 aliphatic heterocycles. The SMILES string of the molecule is CC1(C)c2ccccc2Oc2ccc(-c3ccc4c(c3)C(C)(C)c3ccccc3-4)cc21. The highest BCUT2D eigenvalue weighted by Crippen LogP contribution is 2.51. The van der Waals surface area contributed by atoms with Gasteiger partial charge in [-0.3, -0.25) is 0 Å². The molecule has 0 atom stereocenters. The minimum absolute atomic E-state index is 0.0114. The molecule has 0 aromatic heterocycles. The number of rotatable bonds is 1. The highest BCUT2D eigenvalue weighted by molar-refractivity contribution is 5.83. The van der Waals surface area contributed by atoms with Crippen LogP contribution in [0.4, 0.5) is 0 Å². The molecule has 4 aromatic carbocycles. The standard InChI is InChI=1S/C30H26O/c1-29(2)23-10-6-5-9-21(23)22-15-13-19(17-25(22)29)20-14-16-28-26(18-20)30(3,4)24-11-7-8-12-27(24)31-28/h5-18H,1-4H3. The van der Waals surface area contributed by atoms with Crippen molar-refractivity contribution in [2.45, 2.75) is 38.5 Å². The van der Waals surface area contributed by atoms with E-state index in [1.54, 1.807) is 0 Å². The molecule has 6 rings (SSSR count). The van der Waals surface area contributed by atoms with E-state index in [9.17, 15) is 0 Å². The first-order valence-corrected chi connectivity index (χ1v) is 11.0. The molecule has 1 aliphatic carbocycles. The number of benzene rings is 4. The van der Waals surface area contributed by atoms with Gasteiger partial charge in [0.25, 0.3) is 0 Å². The van der Waals surface area contributed by atoms with Crippen molar-refractivity contribution in [3.05, 3.63) is 107 Å². The molecule has 1 heterocycles. The lowest BCUT2D eigenvalue weighted by atomic mass is 9.75. The van der Waals surface area contributed by atoms with Crippen LogP contribution in [0.3, 0.4) is 0 Å². The first-order chi connectivity index (χ1) is 14.9. The van der Waals surface area contributed by atoms with Crippen molar-refractivity contribution in [2.75, 3.05) is 0 Å². The van der Waals surface area contributed by atoms with Crippen molar-refractivity contribution < 1.29 is 4.74 Å². The van der Waals surface area contributed by atoms with Gasteiger partial charge in [0.15, 0.2) is 0 Å². The summed E-state index contributed by atoms with van der Waals surface area (Å²) in [5, 5.41) is 0. The summed E-state index contributed by atoms with van der Waals surface area (Å²) in [4.78, 5) is 0. The lowest BCUT2D eigenvalue weighted by Crippen LogP contribution is -2.24. The maximum Gasteiger partial charge on any atom is 0.131 e. The molecule has 0 fully saturated rings. The van der Waals surface area contributed by atoms with Gasteiger partial charge >= 0.3 is 0 Å². The Bertz CT molecular complexity index is 1360. The van der Waals surface area contributed by atoms with Crippen molar-refractivity contribution in [3.8, 4) is 33.8 Å². The predicted octanol–water partition coefficient (Wildman–Crippen LogP) is 8.09. The van der Waals surface area contributed by atoms with Gasteiger partial charge in [0, 0.05) is 22.0 Å². The first-order valence-electron chi connectivity index (χ1n) is 11.0. The van der Waals surface area contributed by atoms with Crippen LogP contribution in [-0.2, 0) is 10.8 Å². The molecule has 0 unspecified atom stereocenters. The first kappa shape index (κ1) is 18.4. The second kappa shape index (κ2) is 6.11. The van der Waals surface area contributed by atoms with Crippen molar-refractivity contribution in [3.63, 3.8) is 0 Å². The molecule has 0 bridgehead atoms. The Morgan fingerprint density at radius 2 is 1.03 bits per heavy atom. The largest absolute Gasteiger partial charge is 0.457 e. The molecule has 0 saturated carbocycles. The van der Waals surface area contributed by atoms with E-state index >= 15 is 0 Å². The molecular formula is C30H26O. The molecule has 0 N–H and O–H groups in total. The third kappa shape index (κ3) is 2.50. The molecule has 31 heavy (non-hydrogen) atoms. The monoisotopic (exact) mass is 402 g/mol. The van der Waals surface area contributed by atoms with Crippen LogP contribution in [0.25, 0.3) is 22.3 Å². The van der Waals surface area contributed by atoms with Crippen LogP contribution >= 0.6 is 0 Å². The highest BCUT2D eigenvalue weighted by Gasteiger charge is 2.36. The molecule has 152 valence electrons. The lowest BCUT2D eigenvalue weighted by Gasteiger charge is -2.34. The normalized spacial score (nSPS) is 16.5. The van der Waals surface area contributed by atoms with Gasteiger partial charge in [-0.1, -0.05) is 88.4 Å². The summed E-state index contributed by atoms with van der Waals surface area (Å²) in [5.74, 6) is 1.92. The zero-order valence-corrected chi connectivity index (χ0v) is 18.5. The summed E-state index contributed by atoms with van der Waals surface area (Å²) < 4.78 is 6.25. The van der Waals surface area contributed by atoms with E-state index in [1.165, 1.54) is 44.5 Å².